The molecule has 0 aliphatic heterocycles. The molecule has 0 unspecified atom stereocenters. The fraction of sp³-hybridized carbons (Fsp3) is 0.217. The lowest BCUT2D eigenvalue weighted by Crippen LogP contribution is -2.25. The summed E-state index contributed by atoms with van der Waals surface area (Å²) in [4.78, 5) is 44.0. The van der Waals surface area contributed by atoms with E-state index in [9.17, 15) is 19.5 Å². The van der Waals surface area contributed by atoms with Gasteiger partial charge in [0.2, 0.25) is 0 Å². The number of anilines is 1. The Balaban J connectivity index is 2.01. The Hall–Kier alpha value is -4.12. The molecule has 0 fully saturated rings. The van der Waals surface area contributed by atoms with E-state index < -0.39 is 11.9 Å². The van der Waals surface area contributed by atoms with Gasteiger partial charge in [0.25, 0.3) is 5.56 Å². The molecule has 1 heterocycles. The zero-order chi connectivity index (χ0) is 22.5. The van der Waals surface area contributed by atoms with Gasteiger partial charge in [0.15, 0.2) is 0 Å². The molecule has 0 amide bonds. The van der Waals surface area contributed by atoms with Crippen molar-refractivity contribution in [1.29, 1.82) is 0 Å². The number of carbonyl (C=O) groups excluding carboxylic acids is 1. The van der Waals surface area contributed by atoms with Crippen LogP contribution in [0.4, 0.5) is 5.69 Å². The molecule has 0 saturated carbocycles. The number of carboxylic acids is 1. The number of aryl methyl sites for hydroxylation is 1. The van der Waals surface area contributed by atoms with E-state index in [-0.39, 0.29) is 30.1 Å². The minimum Gasteiger partial charge on any atom is -0.478 e. The fourth-order valence-corrected chi connectivity index (χ4v) is 3.26. The fourth-order valence-electron chi connectivity index (χ4n) is 3.26. The summed E-state index contributed by atoms with van der Waals surface area (Å²) in [5, 5.41) is 9.90. The summed E-state index contributed by atoms with van der Waals surface area (Å²) in [6, 6.07) is 10.1. The van der Waals surface area contributed by atoms with Crippen molar-refractivity contribution in [2.24, 2.45) is 0 Å². The quantitative estimate of drug-likeness (QED) is 0.447. The van der Waals surface area contributed by atoms with Crippen molar-refractivity contribution < 1.29 is 19.4 Å². The van der Waals surface area contributed by atoms with Crippen LogP contribution in [0.1, 0.15) is 34.2 Å². The van der Waals surface area contributed by atoms with Crippen LogP contribution in [0, 0.1) is 19.3 Å². The number of nitrogens with zero attached hydrogens (tertiary/aromatic N) is 2. The summed E-state index contributed by atoms with van der Waals surface area (Å²) >= 11 is 0. The Morgan fingerprint density at radius 1 is 1.29 bits per heavy atom. The van der Waals surface area contributed by atoms with Crippen LogP contribution in [0.3, 0.4) is 0 Å². The third-order valence-corrected chi connectivity index (χ3v) is 4.74. The van der Waals surface area contributed by atoms with Crippen LogP contribution < -0.4 is 10.5 Å². The SMILES string of the molecule is C#CCN(Cc1cc2c(=O)[nH]c(COC(C)=O)nc2cc1C)c1ccccc1C(=O)O. The molecule has 8 heteroatoms. The first-order chi connectivity index (χ1) is 14.8. The lowest BCUT2D eigenvalue weighted by atomic mass is 10.0. The maximum Gasteiger partial charge on any atom is 0.337 e. The zero-order valence-corrected chi connectivity index (χ0v) is 17.1. The number of H-pyrrole nitrogens is 1. The van der Waals surface area contributed by atoms with Crippen LogP contribution in [0.15, 0.2) is 41.2 Å². The number of rotatable bonds is 7. The van der Waals surface area contributed by atoms with Gasteiger partial charge in [-0.05, 0) is 42.3 Å². The Labute approximate surface area is 178 Å². The molecule has 3 aromatic rings. The van der Waals surface area contributed by atoms with Gasteiger partial charge in [-0.3, -0.25) is 9.59 Å². The normalized spacial score (nSPS) is 10.5. The smallest absolute Gasteiger partial charge is 0.337 e. The lowest BCUT2D eigenvalue weighted by molar-refractivity contribution is -0.142. The first-order valence-corrected chi connectivity index (χ1v) is 9.46. The van der Waals surface area contributed by atoms with E-state index in [4.69, 9.17) is 11.2 Å². The highest BCUT2D eigenvalue weighted by atomic mass is 16.5. The Kier molecular flexibility index (Phi) is 6.36. The zero-order valence-electron chi connectivity index (χ0n) is 17.1. The predicted octanol–water partition coefficient (Wildman–Crippen LogP) is 2.63. The lowest BCUT2D eigenvalue weighted by Gasteiger charge is -2.25. The Morgan fingerprint density at radius 3 is 2.71 bits per heavy atom. The third kappa shape index (κ3) is 4.90. The highest BCUT2D eigenvalue weighted by Crippen LogP contribution is 2.25. The number of hydrogen-bond acceptors (Lipinski definition) is 6. The number of esters is 1. The van der Waals surface area contributed by atoms with Gasteiger partial charge in [0.1, 0.15) is 12.4 Å². The van der Waals surface area contributed by atoms with Gasteiger partial charge in [-0.15, -0.1) is 6.42 Å². The highest BCUT2D eigenvalue weighted by molar-refractivity contribution is 5.94. The second kappa shape index (κ2) is 9.13. The molecule has 8 nitrogen and oxygen atoms in total. The molecule has 1 aromatic heterocycles. The van der Waals surface area contributed by atoms with Gasteiger partial charge in [-0.25, -0.2) is 9.78 Å². The van der Waals surface area contributed by atoms with Crippen molar-refractivity contribution in [2.45, 2.75) is 27.0 Å². The Bertz CT molecular complexity index is 1260. The van der Waals surface area contributed by atoms with Crippen LogP contribution in [-0.2, 0) is 22.7 Å². The molecule has 0 bridgehead atoms. The third-order valence-electron chi connectivity index (χ3n) is 4.74. The number of aromatic nitrogens is 2. The number of benzene rings is 2. The number of aromatic carboxylic acids is 1. The molecular formula is C23H21N3O5. The van der Waals surface area contributed by atoms with Crippen molar-refractivity contribution in [3.05, 3.63) is 69.3 Å². The van der Waals surface area contributed by atoms with E-state index in [1.165, 1.54) is 13.0 Å². The number of fused-ring (bicyclic) bond motifs is 1. The minimum atomic E-state index is -1.05. The number of carbonyl (C=O) groups is 2. The number of nitrogens with one attached hydrogen (secondary N) is 1. The van der Waals surface area contributed by atoms with Crippen molar-refractivity contribution in [3.63, 3.8) is 0 Å². The van der Waals surface area contributed by atoms with Gasteiger partial charge in [0, 0.05) is 13.5 Å². The largest absolute Gasteiger partial charge is 0.478 e. The van der Waals surface area contributed by atoms with Crippen molar-refractivity contribution in [1.82, 2.24) is 9.97 Å². The summed E-state index contributed by atoms with van der Waals surface area (Å²) in [7, 11) is 0. The average Bonchev–Trinajstić information content (AvgIpc) is 2.72. The molecule has 158 valence electrons. The van der Waals surface area contributed by atoms with E-state index in [0.29, 0.717) is 23.1 Å². The number of hydrogen-bond donors (Lipinski definition) is 2. The average molecular weight is 419 g/mol. The van der Waals surface area contributed by atoms with Crippen molar-refractivity contribution in [2.75, 3.05) is 11.4 Å². The maximum atomic E-state index is 12.6. The van der Waals surface area contributed by atoms with E-state index in [1.807, 2.05) is 6.92 Å². The molecule has 0 saturated heterocycles. The van der Waals surface area contributed by atoms with E-state index in [2.05, 4.69) is 15.9 Å². The van der Waals surface area contributed by atoms with Gasteiger partial charge < -0.3 is 19.7 Å². The number of carboxylic acid groups (broad SMARTS) is 1. The molecule has 0 aliphatic rings. The molecule has 31 heavy (non-hydrogen) atoms. The van der Waals surface area contributed by atoms with Crippen LogP contribution in [0.2, 0.25) is 0 Å². The second-order valence-electron chi connectivity index (χ2n) is 6.97. The van der Waals surface area contributed by atoms with Crippen LogP contribution in [0.25, 0.3) is 10.9 Å². The van der Waals surface area contributed by atoms with Crippen LogP contribution >= 0.6 is 0 Å². The van der Waals surface area contributed by atoms with Gasteiger partial charge >= 0.3 is 11.9 Å². The molecule has 2 aromatic carbocycles. The van der Waals surface area contributed by atoms with E-state index in [1.54, 1.807) is 35.2 Å². The predicted molar refractivity (Wildman–Crippen MR) is 116 cm³/mol. The van der Waals surface area contributed by atoms with Crippen LogP contribution in [-0.4, -0.2) is 33.6 Å². The molecular weight excluding hydrogens is 398 g/mol. The second-order valence-corrected chi connectivity index (χ2v) is 6.97. The van der Waals surface area contributed by atoms with E-state index in [0.717, 1.165) is 11.1 Å². The highest BCUT2D eigenvalue weighted by Gasteiger charge is 2.17. The molecule has 3 rings (SSSR count). The topological polar surface area (TPSA) is 113 Å². The molecule has 0 radical (unpaired) electrons. The summed E-state index contributed by atoms with van der Waals surface area (Å²) < 4.78 is 4.90. The Morgan fingerprint density at radius 2 is 2.03 bits per heavy atom. The summed E-state index contributed by atoms with van der Waals surface area (Å²) in [5.41, 5.74) is 2.42. The number of aromatic amines is 1. The first kappa shape index (κ1) is 21.6. The molecule has 0 aliphatic carbocycles. The number of terminal acetylenes is 1. The van der Waals surface area contributed by atoms with Crippen LogP contribution in [0.5, 0.6) is 0 Å². The number of para-hydroxylation sites is 1. The van der Waals surface area contributed by atoms with Crippen molar-refractivity contribution in [3.8, 4) is 12.3 Å². The monoisotopic (exact) mass is 419 g/mol. The number of ether oxygens (including phenoxy) is 1. The molecule has 0 spiro atoms. The van der Waals surface area contributed by atoms with Gasteiger partial charge in [0.05, 0.1) is 28.7 Å². The van der Waals surface area contributed by atoms with E-state index >= 15 is 0 Å². The summed E-state index contributed by atoms with van der Waals surface area (Å²) in [6.45, 7) is 3.53. The maximum absolute atomic E-state index is 12.6. The minimum absolute atomic E-state index is 0.122. The molecule has 2 N–H and O–H groups in total. The van der Waals surface area contributed by atoms with Gasteiger partial charge in [-0.1, -0.05) is 18.1 Å². The standard InChI is InChI=1S/C23H21N3O5/c1-4-9-26(20-8-6-5-7-17(20)23(29)30)12-16-11-18-19(10-14(16)2)24-21(25-22(18)28)13-31-15(3)27/h1,5-8,10-11H,9,12-13H2,2-3H3,(H,29,30)(H,24,25,28). The molecule has 0 atom stereocenters. The van der Waals surface area contributed by atoms with Gasteiger partial charge in [-0.2, -0.15) is 0 Å². The first-order valence-electron chi connectivity index (χ1n) is 9.46. The van der Waals surface area contributed by atoms with Crippen molar-refractivity contribution >= 4 is 28.5 Å². The summed E-state index contributed by atoms with van der Waals surface area (Å²) in [5.74, 6) is 1.30. The summed E-state index contributed by atoms with van der Waals surface area (Å²) in [6.07, 6.45) is 5.53.